The number of amides is 1. The summed E-state index contributed by atoms with van der Waals surface area (Å²) in [6, 6.07) is 7.52. The number of carbonyl (C=O) groups is 1. The molecule has 0 aliphatic carbocycles. The lowest BCUT2D eigenvalue weighted by Crippen LogP contribution is -2.34. The molecule has 0 saturated heterocycles. The van der Waals surface area contributed by atoms with Gasteiger partial charge in [0.2, 0.25) is 0 Å². The van der Waals surface area contributed by atoms with Crippen molar-refractivity contribution in [1.29, 1.82) is 0 Å². The molecule has 0 radical (unpaired) electrons. The van der Waals surface area contributed by atoms with Gasteiger partial charge >= 0.3 is 0 Å². The van der Waals surface area contributed by atoms with E-state index in [2.05, 4.69) is 42.0 Å². The van der Waals surface area contributed by atoms with Crippen LogP contribution in [-0.2, 0) is 0 Å². The van der Waals surface area contributed by atoms with Gasteiger partial charge in [0.05, 0.1) is 5.56 Å². The molecule has 1 aromatic carbocycles. The van der Waals surface area contributed by atoms with E-state index in [4.69, 9.17) is 0 Å². The van der Waals surface area contributed by atoms with E-state index >= 15 is 0 Å². The lowest BCUT2D eigenvalue weighted by molar-refractivity contribution is 0.0933. The molecule has 3 heteroatoms. The van der Waals surface area contributed by atoms with E-state index in [0.717, 1.165) is 17.4 Å². The van der Waals surface area contributed by atoms with Gasteiger partial charge in [-0.1, -0.05) is 52.2 Å². The van der Waals surface area contributed by atoms with E-state index in [1.54, 1.807) is 0 Å². The van der Waals surface area contributed by atoms with Gasteiger partial charge in [-0.3, -0.25) is 4.79 Å². The molecule has 19 heavy (non-hydrogen) atoms. The van der Waals surface area contributed by atoms with Crippen molar-refractivity contribution in [2.24, 2.45) is 5.41 Å². The van der Waals surface area contributed by atoms with Crippen LogP contribution in [0.3, 0.4) is 0 Å². The minimum atomic E-state index is -0.00367. The fourth-order valence-electron chi connectivity index (χ4n) is 2.00. The maximum Gasteiger partial charge on any atom is 0.252 e. The Morgan fingerprint density at radius 1 is 1.26 bits per heavy atom. The summed E-state index contributed by atoms with van der Waals surface area (Å²) >= 11 is 3.41. The van der Waals surface area contributed by atoms with Gasteiger partial charge in [-0.05, 0) is 39.9 Å². The molecular weight excluding hydrogens is 302 g/mol. The number of benzene rings is 1. The Bertz CT molecular complexity index is 415. The van der Waals surface area contributed by atoms with Crippen molar-refractivity contribution in [1.82, 2.24) is 5.32 Å². The summed E-state index contributed by atoms with van der Waals surface area (Å²) in [5.41, 5.74) is 0.860. The Labute approximate surface area is 125 Å². The molecule has 1 amide bonds. The third-order valence-corrected chi connectivity index (χ3v) is 3.99. The molecule has 0 spiro atoms. The summed E-state index contributed by atoms with van der Waals surface area (Å²) in [4.78, 5) is 12.1. The van der Waals surface area contributed by atoms with Gasteiger partial charge in [-0.15, -0.1) is 0 Å². The molecule has 0 saturated carbocycles. The molecular formula is C16H24BrNO. The molecule has 0 heterocycles. The van der Waals surface area contributed by atoms with Crippen LogP contribution in [0.4, 0.5) is 0 Å². The van der Waals surface area contributed by atoms with E-state index in [0.29, 0.717) is 5.56 Å². The standard InChI is InChI=1S/C16H24BrNO/c1-4-5-8-11-16(2,3)12-18-15(19)13-9-6-7-10-14(13)17/h6-7,9-10H,4-5,8,11-12H2,1-3H3,(H,18,19). The first-order valence-electron chi connectivity index (χ1n) is 6.99. The number of carbonyl (C=O) groups excluding carboxylic acids is 1. The zero-order chi connectivity index (χ0) is 14.3. The van der Waals surface area contributed by atoms with Gasteiger partial charge in [0, 0.05) is 11.0 Å². The summed E-state index contributed by atoms with van der Waals surface area (Å²) in [5.74, 6) is -0.00367. The van der Waals surface area contributed by atoms with Crippen LogP contribution < -0.4 is 5.32 Å². The fraction of sp³-hybridized carbons (Fsp3) is 0.562. The van der Waals surface area contributed by atoms with E-state index in [1.807, 2.05) is 24.3 Å². The Morgan fingerprint density at radius 3 is 2.58 bits per heavy atom. The van der Waals surface area contributed by atoms with Crippen LogP contribution in [0, 0.1) is 5.41 Å². The van der Waals surface area contributed by atoms with E-state index in [1.165, 1.54) is 19.3 Å². The van der Waals surface area contributed by atoms with Crippen LogP contribution in [0.15, 0.2) is 28.7 Å². The lowest BCUT2D eigenvalue weighted by Gasteiger charge is -2.25. The summed E-state index contributed by atoms with van der Waals surface area (Å²) in [5, 5.41) is 3.04. The fourth-order valence-corrected chi connectivity index (χ4v) is 2.47. The SMILES string of the molecule is CCCCCC(C)(C)CNC(=O)c1ccccc1Br. The summed E-state index contributed by atoms with van der Waals surface area (Å²) < 4.78 is 0.844. The molecule has 0 aliphatic rings. The second-order valence-electron chi connectivity index (χ2n) is 5.78. The van der Waals surface area contributed by atoms with Gasteiger partial charge in [0.25, 0.3) is 5.91 Å². The topological polar surface area (TPSA) is 29.1 Å². The number of hydrogen-bond donors (Lipinski definition) is 1. The molecule has 0 bridgehead atoms. The first-order chi connectivity index (χ1) is 8.96. The van der Waals surface area contributed by atoms with Crippen molar-refractivity contribution in [3.8, 4) is 0 Å². The summed E-state index contributed by atoms with van der Waals surface area (Å²) in [6.45, 7) is 7.35. The van der Waals surface area contributed by atoms with E-state index in [-0.39, 0.29) is 11.3 Å². The van der Waals surface area contributed by atoms with Gasteiger partial charge in [0.15, 0.2) is 0 Å². The zero-order valence-electron chi connectivity index (χ0n) is 12.1. The smallest absolute Gasteiger partial charge is 0.252 e. The van der Waals surface area contributed by atoms with Gasteiger partial charge in [-0.2, -0.15) is 0 Å². The highest BCUT2D eigenvalue weighted by Gasteiger charge is 2.19. The lowest BCUT2D eigenvalue weighted by atomic mass is 9.87. The van der Waals surface area contributed by atoms with Crippen molar-refractivity contribution < 1.29 is 4.79 Å². The second-order valence-corrected chi connectivity index (χ2v) is 6.64. The quantitative estimate of drug-likeness (QED) is 0.718. The van der Waals surface area contributed by atoms with Crippen LogP contribution in [0.25, 0.3) is 0 Å². The molecule has 1 N–H and O–H groups in total. The highest BCUT2D eigenvalue weighted by molar-refractivity contribution is 9.10. The molecule has 2 nitrogen and oxygen atoms in total. The number of nitrogens with one attached hydrogen (secondary N) is 1. The van der Waals surface area contributed by atoms with Gasteiger partial charge in [0.1, 0.15) is 0 Å². The first kappa shape index (κ1) is 16.2. The van der Waals surface area contributed by atoms with Gasteiger partial charge in [-0.25, -0.2) is 0 Å². The van der Waals surface area contributed by atoms with Crippen molar-refractivity contribution in [3.63, 3.8) is 0 Å². The van der Waals surface area contributed by atoms with Gasteiger partial charge < -0.3 is 5.32 Å². The maximum absolute atomic E-state index is 12.1. The summed E-state index contributed by atoms with van der Waals surface area (Å²) in [6.07, 6.45) is 4.88. The van der Waals surface area contributed by atoms with Crippen LogP contribution in [0.5, 0.6) is 0 Å². The minimum Gasteiger partial charge on any atom is -0.351 e. The van der Waals surface area contributed by atoms with Crippen molar-refractivity contribution in [2.45, 2.75) is 46.5 Å². The highest BCUT2D eigenvalue weighted by Crippen LogP contribution is 2.23. The Kier molecular flexibility index (Phi) is 6.56. The predicted molar refractivity (Wildman–Crippen MR) is 84.4 cm³/mol. The third-order valence-electron chi connectivity index (χ3n) is 3.30. The first-order valence-corrected chi connectivity index (χ1v) is 7.78. The van der Waals surface area contributed by atoms with Crippen molar-refractivity contribution in [2.75, 3.05) is 6.54 Å². The second kappa shape index (κ2) is 7.68. The van der Waals surface area contributed by atoms with E-state index < -0.39 is 0 Å². The van der Waals surface area contributed by atoms with Crippen LogP contribution in [0.2, 0.25) is 0 Å². The molecule has 0 aromatic heterocycles. The maximum atomic E-state index is 12.1. The molecule has 1 rings (SSSR count). The average molecular weight is 326 g/mol. The van der Waals surface area contributed by atoms with Crippen LogP contribution >= 0.6 is 15.9 Å². The number of unbranched alkanes of at least 4 members (excludes halogenated alkanes) is 2. The van der Waals surface area contributed by atoms with E-state index in [9.17, 15) is 4.79 Å². The number of hydrogen-bond acceptors (Lipinski definition) is 1. The van der Waals surface area contributed by atoms with Crippen LogP contribution in [-0.4, -0.2) is 12.5 Å². The van der Waals surface area contributed by atoms with Crippen LogP contribution in [0.1, 0.15) is 56.8 Å². The summed E-state index contributed by atoms with van der Waals surface area (Å²) in [7, 11) is 0. The Hall–Kier alpha value is -0.830. The molecule has 0 unspecified atom stereocenters. The number of rotatable bonds is 7. The minimum absolute atomic E-state index is 0.00367. The Balaban J connectivity index is 2.47. The molecule has 0 aliphatic heterocycles. The zero-order valence-corrected chi connectivity index (χ0v) is 13.7. The normalized spacial score (nSPS) is 11.4. The molecule has 106 valence electrons. The largest absolute Gasteiger partial charge is 0.351 e. The Morgan fingerprint density at radius 2 is 1.95 bits per heavy atom. The highest BCUT2D eigenvalue weighted by atomic mass is 79.9. The van der Waals surface area contributed by atoms with Crippen molar-refractivity contribution >= 4 is 21.8 Å². The number of halogens is 1. The molecule has 1 aromatic rings. The van der Waals surface area contributed by atoms with Crippen molar-refractivity contribution in [3.05, 3.63) is 34.3 Å². The third kappa shape index (κ3) is 5.77. The molecule has 0 atom stereocenters. The average Bonchev–Trinajstić information content (AvgIpc) is 2.37. The monoisotopic (exact) mass is 325 g/mol. The predicted octanol–water partition coefficient (Wildman–Crippen LogP) is 4.79. The molecule has 0 fully saturated rings.